The number of hydrogen-bond acceptors (Lipinski definition) is 9. The van der Waals surface area contributed by atoms with Gasteiger partial charge in [0.25, 0.3) is 5.91 Å². The fourth-order valence-electron chi connectivity index (χ4n) is 5.79. The first kappa shape index (κ1) is 27.6. The molecule has 11 heteroatoms. The number of ether oxygens (including phenoxy) is 1. The number of carbonyl (C=O) groups excluding carboxylic acids is 3. The zero-order chi connectivity index (χ0) is 29.6. The molecule has 4 aromatic rings. The van der Waals surface area contributed by atoms with Crippen molar-refractivity contribution in [2.45, 2.75) is 30.5 Å². The SMILES string of the molecule is C=CC(=O)N1CCCC(NC(=O)c2sc3c(N)ccc4c3c2C(N)C(=O)C4(N)c2cccc(Oc3ccccc3)n2)C1. The van der Waals surface area contributed by atoms with Crippen LogP contribution in [0, 0.1) is 0 Å². The first-order valence-corrected chi connectivity index (χ1v) is 14.4. The molecule has 1 fully saturated rings. The number of amides is 2. The third-order valence-electron chi connectivity index (χ3n) is 7.86. The second-order valence-electron chi connectivity index (χ2n) is 10.5. The Hall–Kier alpha value is -4.58. The molecule has 2 amide bonds. The molecule has 214 valence electrons. The minimum Gasteiger partial charge on any atom is -0.439 e. The number of nitrogen functional groups attached to an aromatic ring is 1. The highest BCUT2D eigenvalue weighted by Crippen LogP contribution is 2.49. The first-order chi connectivity index (χ1) is 20.2. The maximum Gasteiger partial charge on any atom is 0.262 e. The summed E-state index contributed by atoms with van der Waals surface area (Å²) in [5.41, 5.74) is 19.8. The highest BCUT2D eigenvalue weighted by Gasteiger charge is 2.50. The molecule has 2 aromatic heterocycles. The summed E-state index contributed by atoms with van der Waals surface area (Å²) in [7, 11) is 0. The molecule has 1 saturated heterocycles. The summed E-state index contributed by atoms with van der Waals surface area (Å²) in [5, 5.41) is 3.62. The summed E-state index contributed by atoms with van der Waals surface area (Å²) >= 11 is 1.18. The molecule has 10 nitrogen and oxygen atoms in total. The maximum atomic E-state index is 14.1. The molecule has 0 saturated carbocycles. The van der Waals surface area contributed by atoms with Gasteiger partial charge in [-0.2, -0.15) is 0 Å². The van der Waals surface area contributed by atoms with Gasteiger partial charge in [-0.05, 0) is 48.7 Å². The van der Waals surface area contributed by atoms with Gasteiger partial charge in [-0.25, -0.2) is 4.98 Å². The number of piperidine rings is 1. The van der Waals surface area contributed by atoms with Gasteiger partial charge in [-0.15, -0.1) is 11.3 Å². The minimum absolute atomic E-state index is 0.179. The molecule has 1 aliphatic heterocycles. The fourth-order valence-corrected chi connectivity index (χ4v) is 6.99. The Morgan fingerprint density at radius 2 is 1.93 bits per heavy atom. The molecule has 0 spiro atoms. The molecule has 3 atom stereocenters. The number of pyridine rings is 1. The summed E-state index contributed by atoms with van der Waals surface area (Å²) in [4.78, 5) is 46.5. The Morgan fingerprint density at radius 1 is 1.14 bits per heavy atom. The molecule has 3 heterocycles. The van der Waals surface area contributed by atoms with E-state index in [0.717, 1.165) is 6.42 Å². The Labute approximate surface area is 246 Å². The van der Waals surface area contributed by atoms with Crippen LogP contribution in [0.1, 0.15) is 45.4 Å². The number of nitrogens with two attached hydrogens (primary N) is 3. The lowest BCUT2D eigenvalue weighted by atomic mass is 9.72. The predicted molar refractivity (Wildman–Crippen MR) is 161 cm³/mol. The number of para-hydroxylation sites is 1. The zero-order valence-corrected chi connectivity index (χ0v) is 23.5. The molecule has 7 N–H and O–H groups in total. The van der Waals surface area contributed by atoms with E-state index in [1.165, 1.54) is 17.4 Å². The molecule has 0 radical (unpaired) electrons. The average molecular weight is 583 g/mol. The summed E-state index contributed by atoms with van der Waals surface area (Å²) in [6.07, 6.45) is 2.73. The molecule has 2 aromatic carbocycles. The molecular weight excluding hydrogens is 552 g/mol. The van der Waals surface area contributed by atoms with Crippen LogP contribution in [-0.4, -0.2) is 46.6 Å². The van der Waals surface area contributed by atoms with Crippen LogP contribution < -0.4 is 27.3 Å². The van der Waals surface area contributed by atoms with Crippen molar-refractivity contribution in [1.29, 1.82) is 0 Å². The molecule has 6 rings (SSSR count). The van der Waals surface area contributed by atoms with Gasteiger partial charge in [0.05, 0.1) is 21.3 Å². The van der Waals surface area contributed by atoms with Crippen LogP contribution in [0.3, 0.4) is 0 Å². The molecule has 2 aliphatic rings. The number of aromatic nitrogens is 1. The number of carbonyl (C=O) groups is 3. The van der Waals surface area contributed by atoms with Crippen LogP contribution in [0.25, 0.3) is 10.1 Å². The van der Waals surface area contributed by atoms with E-state index in [9.17, 15) is 14.4 Å². The largest absolute Gasteiger partial charge is 0.439 e. The topological polar surface area (TPSA) is 167 Å². The fraction of sp³-hybridized carbons (Fsp3) is 0.226. The number of benzene rings is 2. The van der Waals surface area contributed by atoms with E-state index in [4.69, 9.17) is 21.9 Å². The zero-order valence-electron chi connectivity index (χ0n) is 22.7. The summed E-state index contributed by atoms with van der Waals surface area (Å²) in [6, 6.07) is 16.1. The van der Waals surface area contributed by atoms with Crippen molar-refractivity contribution in [3.8, 4) is 11.6 Å². The number of hydrogen-bond donors (Lipinski definition) is 4. The molecule has 42 heavy (non-hydrogen) atoms. The number of thiophene rings is 1. The van der Waals surface area contributed by atoms with Crippen molar-refractivity contribution in [3.63, 3.8) is 0 Å². The lowest BCUT2D eigenvalue weighted by Crippen LogP contribution is -2.53. The lowest BCUT2D eigenvalue weighted by molar-refractivity contribution is -0.127. The number of anilines is 1. The van der Waals surface area contributed by atoms with Crippen LogP contribution in [-0.2, 0) is 15.1 Å². The van der Waals surface area contributed by atoms with E-state index < -0.39 is 17.4 Å². The van der Waals surface area contributed by atoms with E-state index in [1.54, 1.807) is 47.4 Å². The molecule has 3 unspecified atom stereocenters. The minimum atomic E-state index is -1.71. The summed E-state index contributed by atoms with van der Waals surface area (Å²) < 4.78 is 6.53. The molecule has 1 aliphatic carbocycles. The first-order valence-electron chi connectivity index (χ1n) is 13.6. The van der Waals surface area contributed by atoms with Crippen LogP contribution >= 0.6 is 11.3 Å². The van der Waals surface area contributed by atoms with E-state index in [1.807, 2.05) is 18.2 Å². The van der Waals surface area contributed by atoms with Crippen molar-refractivity contribution in [2.24, 2.45) is 11.5 Å². The van der Waals surface area contributed by atoms with Crippen LogP contribution in [0.15, 0.2) is 73.3 Å². The predicted octanol–water partition coefficient (Wildman–Crippen LogP) is 3.36. The molecule has 0 bridgehead atoms. The number of nitrogens with one attached hydrogen (secondary N) is 1. The monoisotopic (exact) mass is 582 g/mol. The molecular formula is C31H30N6O4S. The summed E-state index contributed by atoms with van der Waals surface area (Å²) in [6.45, 7) is 4.53. The normalized spacial score (nSPS) is 21.7. The van der Waals surface area contributed by atoms with Crippen molar-refractivity contribution >= 4 is 44.7 Å². The van der Waals surface area contributed by atoms with Gasteiger partial charge in [-0.1, -0.05) is 36.9 Å². The Bertz CT molecular complexity index is 1740. The quantitative estimate of drug-likeness (QED) is 0.198. The lowest BCUT2D eigenvalue weighted by Gasteiger charge is -2.36. The number of ketones is 1. The number of nitrogens with zero attached hydrogens (tertiary/aromatic N) is 2. The van der Waals surface area contributed by atoms with Gasteiger partial charge in [0.15, 0.2) is 5.78 Å². The van der Waals surface area contributed by atoms with Gasteiger partial charge < -0.3 is 32.2 Å². The van der Waals surface area contributed by atoms with Gasteiger partial charge in [0.2, 0.25) is 11.8 Å². The van der Waals surface area contributed by atoms with E-state index in [-0.39, 0.29) is 29.4 Å². The van der Waals surface area contributed by atoms with Crippen molar-refractivity contribution in [1.82, 2.24) is 15.2 Å². The van der Waals surface area contributed by atoms with Gasteiger partial charge in [-0.3, -0.25) is 14.4 Å². The third-order valence-corrected chi connectivity index (χ3v) is 9.11. The smallest absolute Gasteiger partial charge is 0.262 e. The second-order valence-corrected chi connectivity index (χ2v) is 11.5. The summed E-state index contributed by atoms with van der Waals surface area (Å²) in [5.74, 6) is -0.205. The standard InChI is InChI=1S/C31H30N6O4S/c1-2-23(38)37-15-7-8-17(16-37)35-30(40)28-25-24-19(13-14-20(32)27(24)42-28)31(34,29(39)26(25)33)21-11-6-12-22(36-21)41-18-9-4-3-5-10-18/h2-6,9-14,17,26H,1,7-8,15-16,32-34H2,(H,35,40). The highest BCUT2D eigenvalue weighted by molar-refractivity contribution is 7.21. The highest BCUT2D eigenvalue weighted by atomic mass is 32.1. The van der Waals surface area contributed by atoms with Crippen molar-refractivity contribution in [2.75, 3.05) is 18.8 Å². The number of likely N-dealkylation sites (tertiary alicyclic amines) is 1. The van der Waals surface area contributed by atoms with Gasteiger partial charge >= 0.3 is 0 Å². The van der Waals surface area contributed by atoms with Gasteiger partial charge in [0.1, 0.15) is 11.3 Å². The van der Waals surface area contributed by atoms with Crippen LogP contribution in [0.5, 0.6) is 11.6 Å². The third kappa shape index (κ3) is 4.51. The Kier molecular flexibility index (Phi) is 7.01. The number of rotatable bonds is 6. The van der Waals surface area contributed by atoms with Crippen LogP contribution in [0.2, 0.25) is 0 Å². The van der Waals surface area contributed by atoms with E-state index in [0.29, 0.717) is 57.0 Å². The van der Waals surface area contributed by atoms with Crippen molar-refractivity contribution in [3.05, 3.63) is 95.0 Å². The van der Waals surface area contributed by atoms with Gasteiger partial charge in [0, 0.05) is 41.8 Å². The maximum absolute atomic E-state index is 14.1. The number of Topliss-reactive ketones (excluding diaryl/α,β-unsaturated/α-hetero) is 1. The Morgan fingerprint density at radius 3 is 2.69 bits per heavy atom. The average Bonchev–Trinajstić information content (AvgIpc) is 3.42. The second kappa shape index (κ2) is 10.7. The van der Waals surface area contributed by atoms with E-state index in [2.05, 4.69) is 16.9 Å². The Balaban J connectivity index is 1.40. The van der Waals surface area contributed by atoms with Crippen LogP contribution in [0.4, 0.5) is 5.69 Å². The van der Waals surface area contributed by atoms with Crippen molar-refractivity contribution < 1.29 is 19.1 Å². The van der Waals surface area contributed by atoms with E-state index >= 15 is 0 Å².